The summed E-state index contributed by atoms with van der Waals surface area (Å²) in [4.78, 5) is 12.2. The summed E-state index contributed by atoms with van der Waals surface area (Å²) in [5, 5.41) is 6.11. The highest BCUT2D eigenvalue weighted by Gasteiger charge is 2.16. The van der Waals surface area contributed by atoms with Crippen LogP contribution in [0.2, 0.25) is 0 Å². The van der Waals surface area contributed by atoms with E-state index in [-0.39, 0.29) is 16.4 Å². The van der Waals surface area contributed by atoms with Gasteiger partial charge in [-0.25, -0.2) is 12.8 Å². The topological polar surface area (TPSA) is 87.3 Å². The molecule has 1 amide bonds. The van der Waals surface area contributed by atoms with Gasteiger partial charge in [0.25, 0.3) is 15.9 Å². The van der Waals surface area contributed by atoms with E-state index < -0.39 is 15.8 Å². The van der Waals surface area contributed by atoms with Crippen LogP contribution in [0.1, 0.15) is 22.3 Å². The summed E-state index contributed by atoms with van der Waals surface area (Å²) >= 11 is 0. The number of sulfonamides is 1. The number of rotatable bonds is 9. The lowest BCUT2D eigenvalue weighted by Gasteiger charge is -2.10. The van der Waals surface area contributed by atoms with Crippen LogP contribution in [-0.4, -0.2) is 27.4 Å². The van der Waals surface area contributed by atoms with Crippen LogP contribution in [-0.2, 0) is 10.0 Å². The Labute approximate surface area is 181 Å². The lowest BCUT2D eigenvalue weighted by Crippen LogP contribution is -2.25. The molecule has 0 spiro atoms. The number of halogens is 1. The maximum Gasteiger partial charge on any atom is 0.261 e. The third-order valence-electron chi connectivity index (χ3n) is 4.58. The van der Waals surface area contributed by atoms with Crippen LogP contribution >= 0.6 is 0 Å². The summed E-state index contributed by atoms with van der Waals surface area (Å²) in [6, 6.07) is 19.5. The molecule has 0 heterocycles. The number of hydrogen-bond acceptors (Lipinski definition) is 4. The van der Waals surface area contributed by atoms with Gasteiger partial charge in [0.15, 0.2) is 0 Å². The first-order chi connectivity index (χ1) is 14.8. The first kappa shape index (κ1) is 22.3. The Kier molecular flexibility index (Phi) is 7.25. The summed E-state index contributed by atoms with van der Waals surface area (Å²) in [6.07, 6.45) is 0.760. The van der Waals surface area contributed by atoms with E-state index in [0.29, 0.717) is 17.8 Å². The van der Waals surface area contributed by atoms with Crippen molar-refractivity contribution in [1.29, 1.82) is 0 Å². The van der Waals surface area contributed by atoms with Crippen LogP contribution in [0.25, 0.3) is 0 Å². The predicted octanol–water partition coefficient (Wildman–Crippen LogP) is 4.17. The van der Waals surface area contributed by atoms with Gasteiger partial charge in [0.05, 0.1) is 4.90 Å². The van der Waals surface area contributed by atoms with Crippen molar-refractivity contribution in [2.45, 2.75) is 18.2 Å². The molecule has 0 saturated carbocycles. The fourth-order valence-corrected chi connectivity index (χ4v) is 4.01. The molecule has 31 heavy (non-hydrogen) atoms. The summed E-state index contributed by atoms with van der Waals surface area (Å²) < 4.78 is 40.8. The molecule has 0 radical (unpaired) electrons. The van der Waals surface area contributed by atoms with Crippen LogP contribution < -0.4 is 15.4 Å². The van der Waals surface area contributed by atoms with Crippen molar-refractivity contribution in [2.75, 3.05) is 23.1 Å². The second-order valence-electron chi connectivity index (χ2n) is 7.00. The largest absolute Gasteiger partial charge is 0.385 e. The minimum absolute atomic E-state index is 0.0302. The van der Waals surface area contributed by atoms with E-state index in [4.69, 9.17) is 0 Å². The molecule has 3 aromatic rings. The molecule has 0 bridgehead atoms. The van der Waals surface area contributed by atoms with Gasteiger partial charge in [-0.05, 0) is 73.5 Å². The quantitative estimate of drug-likeness (QED) is 0.435. The van der Waals surface area contributed by atoms with E-state index in [0.717, 1.165) is 24.7 Å². The molecular formula is C23H24FN3O3S. The average Bonchev–Trinajstić information content (AvgIpc) is 2.76. The van der Waals surface area contributed by atoms with E-state index in [1.165, 1.54) is 31.2 Å². The number of anilines is 2. The van der Waals surface area contributed by atoms with E-state index in [1.54, 1.807) is 12.1 Å². The van der Waals surface area contributed by atoms with Crippen molar-refractivity contribution in [3.63, 3.8) is 0 Å². The number of carbonyl (C=O) groups excluding carboxylic acids is 1. The molecule has 3 aromatic carbocycles. The molecule has 0 aliphatic carbocycles. The highest BCUT2D eigenvalue weighted by Crippen LogP contribution is 2.19. The van der Waals surface area contributed by atoms with Gasteiger partial charge in [-0.15, -0.1) is 0 Å². The average molecular weight is 442 g/mol. The zero-order valence-corrected chi connectivity index (χ0v) is 17.9. The first-order valence-corrected chi connectivity index (χ1v) is 11.3. The maximum absolute atomic E-state index is 13.4. The van der Waals surface area contributed by atoms with E-state index in [2.05, 4.69) is 15.4 Å². The molecule has 0 fully saturated rings. The number of nitrogens with one attached hydrogen (secondary N) is 3. The van der Waals surface area contributed by atoms with Crippen molar-refractivity contribution < 1.29 is 17.6 Å². The van der Waals surface area contributed by atoms with Crippen LogP contribution in [0, 0.1) is 12.7 Å². The Morgan fingerprint density at radius 3 is 2.29 bits per heavy atom. The monoisotopic (exact) mass is 441 g/mol. The van der Waals surface area contributed by atoms with Crippen LogP contribution in [0.3, 0.4) is 0 Å². The zero-order chi connectivity index (χ0) is 22.3. The predicted molar refractivity (Wildman–Crippen MR) is 120 cm³/mol. The van der Waals surface area contributed by atoms with Crippen molar-refractivity contribution >= 4 is 27.3 Å². The number of carbonyl (C=O) groups is 1. The fraction of sp³-hybridized carbons (Fsp3) is 0.174. The lowest BCUT2D eigenvalue weighted by atomic mass is 10.2. The Hall–Kier alpha value is -3.39. The minimum Gasteiger partial charge on any atom is -0.385 e. The Morgan fingerprint density at radius 1 is 0.903 bits per heavy atom. The summed E-state index contributed by atoms with van der Waals surface area (Å²) in [5.74, 6) is -0.701. The van der Waals surface area contributed by atoms with Gasteiger partial charge in [-0.2, -0.15) is 0 Å². The highest BCUT2D eigenvalue weighted by atomic mass is 32.2. The number of para-hydroxylation sites is 1. The molecule has 8 heteroatoms. The van der Waals surface area contributed by atoms with Crippen molar-refractivity contribution in [3.05, 3.63) is 89.7 Å². The lowest BCUT2D eigenvalue weighted by molar-refractivity contribution is 0.0953. The second-order valence-corrected chi connectivity index (χ2v) is 8.68. The van der Waals surface area contributed by atoms with Gasteiger partial charge in [-0.3, -0.25) is 9.52 Å². The number of benzene rings is 3. The molecule has 0 saturated heterocycles. The molecular weight excluding hydrogens is 417 g/mol. The van der Waals surface area contributed by atoms with Gasteiger partial charge in [0.1, 0.15) is 5.82 Å². The number of hydrogen-bond donors (Lipinski definition) is 3. The fourth-order valence-electron chi connectivity index (χ4n) is 2.87. The third-order valence-corrected chi connectivity index (χ3v) is 5.96. The molecule has 0 unspecified atom stereocenters. The van der Waals surface area contributed by atoms with Crippen LogP contribution in [0.5, 0.6) is 0 Å². The van der Waals surface area contributed by atoms with E-state index >= 15 is 0 Å². The number of amides is 1. The molecule has 162 valence electrons. The SMILES string of the molecule is Cc1cc(S(=O)(=O)Nc2ccc(C(=O)NCCCNc3ccccc3)cc2)ccc1F. The van der Waals surface area contributed by atoms with Crippen LogP contribution in [0.4, 0.5) is 15.8 Å². The number of aryl methyl sites for hydroxylation is 1. The maximum atomic E-state index is 13.4. The summed E-state index contributed by atoms with van der Waals surface area (Å²) in [7, 11) is -3.85. The molecule has 3 N–H and O–H groups in total. The molecule has 6 nitrogen and oxygen atoms in total. The normalized spacial score (nSPS) is 11.0. The second kappa shape index (κ2) is 10.1. The van der Waals surface area contributed by atoms with Gasteiger partial charge < -0.3 is 10.6 Å². The molecule has 3 rings (SSSR count). The first-order valence-electron chi connectivity index (χ1n) is 9.81. The minimum atomic E-state index is -3.85. The smallest absolute Gasteiger partial charge is 0.261 e. The van der Waals surface area contributed by atoms with Crippen molar-refractivity contribution in [1.82, 2.24) is 5.32 Å². The van der Waals surface area contributed by atoms with E-state index in [1.807, 2.05) is 30.3 Å². The van der Waals surface area contributed by atoms with Crippen molar-refractivity contribution in [3.8, 4) is 0 Å². The summed E-state index contributed by atoms with van der Waals surface area (Å²) in [5.41, 5.74) is 2.01. The molecule has 0 aromatic heterocycles. The summed E-state index contributed by atoms with van der Waals surface area (Å²) in [6.45, 7) is 2.74. The van der Waals surface area contributed by atoms with Crippen molar-refractivity contribution in [2.24, 2.45) is 0 Å². The standard InChI is InChI=1S/C23H24FN3O3S/c1-17-16-21(12-13-22(17)24)31(29,30)27-20-10-8-18(9-11-20)23(28)26-15-5-14-25-19-6-3-2-4-7-19/h2-4,6-13,16,25,27H,5,14-15H2,1H3,(H,26,28). The van der Waals surface area contributed by atoms with Gasteiger partial charge in [-0.1, -0.05) is 18.2 Å². The van der Waals surface area contributed by atoms with Gasteiger partial charge >= 0.3 is 0 Å². The van der Waals surface area contributed by atoms with Gasteiger partial charge in [0.2, 0.25) is 0 Å². The van der Waals surface area contributed by atoms with E-state index in [9.17, 15) is 17.6 Å². The zero-order valence-electron chi connectivity index (χ0n) is 17.1. The van der Waals surface area contributed by atoms with Gasteiger partial charge in [0, 0.05) is 30.0 Å². The highest BCUT2D eigenvalue weighted by molar-refractivity contribution is 7.92. The van der Waals surface area contributed by atoms with Crippen LogP contribution in [0.15, 0.2) is 77.7 Å². The Bertz CT molecular complexity index is 1130. The molecule has 0 aliphatic heterocycles. The molecule has 0 aliphatic rings. The Morgan fingerprint density at radius 2 is 1.61 bits per heavy atom. The Balaban J connectivity index is 1.49. The third kappa shape index (κ3) is 6.29. The molecule has 0 atom stereocenters.